The van der Waals surface area contributed by atoms with Gasteiger partial charge in [0, 0.05) is 28.7 Å². The van der Waals surface area contributed by atoms with Gasteiger partial charge in [-0.25, -0.2) is 13.1 Å². The first kappa shape index (κ1) is 23.1. The summed E-state index contributed by atoms with van der Waals surface area (Å²) in [6, 6.07) is 18.2. The first-order chi connectivity index (χ1) is 14.8. The molecule has 0 saturated heterocycles. The molecule has 0 bridgehead atoms. The van der Waals surface area contributed by atoms with Crippen LogP contribution in [0.25, 0.3) is 0 Å². The normalized spacial score (nSPS) is 11.2. The van der Waals surface area contributed by atoms with E-state index in [9.17, 15) is 13.2 Å². The fourth-order valence-electron chi connectivity index (χ4n) is 2.81. The minimum Gasteiger partial charge on any atom is -0.495 e. The van der Waals surface area contributed by atoms with Crippen molar-refractivity contribution < 1.29 is 17.9 Å². The van der Waals surface area contributed by atoms with Crippen molar-refractivity contribution in [3.63, 3.8) is 0 Å². The molecule has 0 aliphatic heterocycles. The van der Waals surface area contributed by atoms with Gasteiger partial charge >= 0.3 is 0 Å². The van der Waals surface area contributed by atoms with Gasteiger partial charge in [-0.3, -0.25) is 4.79 Å². The number of hydrogen-bond acceptors (Lipinski definition) is 4. The first-order valence-electron chi connectivity index (χ1n) is 9.24. The average molecular weight is 479 g/mol. The van der Waals surface area contributed by atoms with E-state index in [1.807, 2.05) is 6.07 Å². The number of nitrogens with one attached hydrogen (secondary N) is 2. The maximum atomic E-state index is 12.9. The fourth-order valence-corrected chi connectivity index (χ4v) is 4.34. The number of methoxy groups -OCH3 is 1. The zero-order valence-corrected chi connectivity index (χ0v) is 18.9. The number of carbonyl (C=O) groups is 1. The number of hydrogen-bond donors (Lipinski definition) is 2. The molecule has 0 aromatic heterocycles. The van der Waals surface area contributed by atoms with E-state index in [0.717, 1.165) is 11.1 Å². The van der Waals surface area contributed by atoms with E-state index in [1.165, 1.54) is 25.3 Å². The molecule has 0 fully saturated rings. The van der Waals surface area contributed by atoms with Crippen LogP contribution in [0.4, 0.5) is 0 Å². The molecule has 162 valence electrons. The maximum Gasteiger partial charge on any atom is 0.251 e. The third-order valence-electron chi connectivity index (χ3n) is 4.49. The van der Waals surface area contributed by atoms with Gasteiger partial charge in [-0.2, -0.15) is 0 Å². The van der Waals surface area contributed by atoms with Crippen LogP contribution in [-0.4, -0.2) is 21.4 Å². The summed E-state index contributed by atoms with van der Waals surface area (Å²) in [6.07, 6.45) is 0. The molecule has 1 amide bonds. The molecule has 0 radical (unpaired) electrons. The molecule has 3 aromatic rings. The van der Waals surface area contributed by atoms with E-state index in [0.29, 0.717) is 10.0 Å². The molecule has 0 heterocycles. The fraction of sp³-hybridized carbons (Fsp3) is 0.136. The van der Waals surface area contributed by atoms with E-state index in [1.54, 1.807) is 42.5 Å². The van der Waals surface area contributed by atoms with Gasteiger partial charge in [0.2, 0.25) is 10.0 Å². The van der Waals surface area contributed by atoms with Crippen molar-refractivity contribution in [1.82, 2.24) is 10.0 Å². The second kappa shape index (κ2) is 10.2. The SMILES string of the molecule is COc1ccc(C(=O)NCc2ccccc2Cl)cc1S(=O)(=O)NCc1ccc(Cl)cc1. The molecule has 3 rings (SSSR count). The van der Waals surface area contributed by atoms with E-state index < -0.39 is 15.9 Å². The van der Waals surface area contributed by atoms with Gasteiger partial charge in [-0.05, 0) is 47.5 Å². The lowest BCUT2D eigenvalue weighted by molar-refractivity contribution is 0.0950. The summed E-state index contributed by atoms with van der Waals surface area (Å²) in [5.74, 6) is -0.303. The monoisotopic (exact) mass is 478 g/mol. The van der Waals surface area contributed by atoms with Crippen LogP contribution in [0.3, 0.4) is 0 Å². The largest absolute Gasteiger partial charge is 0.495 e. The number of amides is 1. The van der Waals surface area contributed by atoms with Crippen LogP contribution in [0.1, 0.15) is 21.5 Å². The van der Waals surface area contributed by atoms with Gasteiger partial charge in [-0.1, -0.05) is 53.5 Å². The molecule has 0 aliphatic rings. The number of carbonyl (C=O) groups excluding carboxylic acids is 1. The van der Waals surface area contributed by atoms with Crippen LogP contribution < -0.4 is 14.8 Å². The lowest BCUT2D eigenvalue weighted by Gasteiger charge is -2.13. The molecular weight excluding hydrogens is 459 g/mol. The topological polar surface area (TPSA) is 84.5 Å². The van der Waals surface area contributed by atoms with E-state index in [-0.39, 0.29) is 29.3 Å². The second-order valence-corrected chi connectivity index (χ2v) is 9.17. The highest BCUT2D eigenvalue weighted by molar-refractivity contribution is 7.89. The third kappa shape index (κ3) is 5.98. The van der Waals surface area contributed by atoms with Crippen LogP contribution in [0.15, 0.2) is 71.6 Å². The molecule has 0 atom stereocenters. The summed E-state index contributed by atoms with van der Waals surface area (Å²) in [4.78, 5) is 12.5. The Morgan fingerprint density at radius 2 is 1.68 bits per heavy atom. The minimum atomic E-state index is -3.95. The lowest BCUT2D eigenvalue weighted by Crippen LogP contribution is -2.26. The van der Waals surface area contributed by atoms with Crippen LogP contribution in [-0.2, 0) is 23.1 Å². The van der Waals surface area contributed by atoms with Crippen LogP contribution in [0.5, 0.6) is 5.75 Å². The van der Waals surface area contributed by atoms with Crippen molar-refractivity contribution in [1.29, 1.82) is 0 Å². The highest BCUT2D eigenvalue weighted by atomic mass is 35.5. The molecule has 9 heteroatoms. The smallest absolute Gasteiger partial charge is 0.251 e. The zero-order valence-electron chi connectivity index (χ0n) is 16.6. The van der Waals surface area contributed by atoms with Crippen LogP contribution in [0, 0.1) is 0 Å². The quantitative estimate of drug-likeness (QED) is 0.502. The predicted octanol–water partition coefficient (Wildman–Crippen LogP) is 4.41. The summed E-state index contributed by atoms with van der Waals surface area (Å²) in [6.45, 7) is 0.271. The average Bonchev–Trinajstić information content (AvgIpc) is 2.77. The summed E-state index contributed by atoms with van der Waals surface area (Å²) in [5, 5.41) is 3.84. The van der Waals surface area contributed by atoms with E-state index >= 15 is 0 Å². The Labute approximate surface area is 191 Å². The van der Waals surface area contributed by atoms with Gasteiger partial charge in [0.15, 0.2) is 0 Å². The first-order valence-corrected chi connectivity index (χ1v) is 11.5. The molecule has 2 N–H and O–H groups in total. The van der Waals surface area contributed by atoms with Crippen molar-refractivity contribution >= 4 is 39.1 Å². The van der Waals surface area contributed by atoms with Crippen LogP contribution in [0.2, 0.25) is 10.0 Å². The van der Waals surface area contributed by atoms with Crippen molar-refractivity contribution in [2.75, 3.05) is 7.11 Å². The minimum absolute atomic E-state index is 0.0611. The van der Waals surface area contributed by atoms with Crippen molar-refractivity contribution in [2.45, 2.75) is 18.0 Å². The zero-order chi connectivity index (χ0) is 22.4. The maximum absolute atomic E-state index is 12.9. The lowest BCUT2D eigenvalue weighted by atomic mass is 10.2. The molecule has 0 saturated carbocycles. The van der Waals surface area contributed by atoms with Gasteiger partial charge in [-0.15, -0.1) is 0 Å². The molecule has 31 heavy (non-hydrogen) atoms. The van der Waals surface area contributed by atoms with Gasteiger partial charge in [0.1, 0.15) is 10.6 Å². The van der Waals surface area contributed by atoms with Gasteiger partial charge < -0.3 is 10.1 Å². The molecule has 3 aromatic carbocycles. The van der Waals surface area contributed by atoms with Crippen molar-refractivity contribution in [2.24, 2.45) is 0 Å². The van der Waals surface area contributed by atoms with Gasteiger partial charge in [0.05, 0.1) is 7.11 Å². The number of rotatable bonds is 8. The predicted molar refractivity (Wildman–Crippen MR) is 121 cm³/mol. The third-order valence-corrected chi connectivity index (χ3v) is 6.54. The highest BCUT2D eigenvalue weighted by Gasteiger charge is 2.21. The Balaban J connectivity index is 1.78. The molecule has 0 aliphatic carbocycles. The number of halogens is 2. The Morgan fingerprint density at radius 3 is 2.35 bits per heavy atom. The van der Waals surface area contributed by atoms with Crippen molar-refractivity contribution in [3.05, 3.63) is 93.5 Å². The Morgan fingerprint density at radius 1 is 0.968 bits per heavy atom. The molecule has 0 spiro atoms. The Hall–Kier alpha value is -2.58. The van der Waals surface area contributed by atoms with E-state index in [2.05, 4.69) is 10.0 Å². The molecular formula is C22H20Cl2N2O4S. The number of benzene rings is 3. The van der Waals surface area contributed by atoms with Gasteiger partial charge in [0.25, 0.3) is 5.91 Å². The highest BCUT2D eigenvalue weighted by Crippen LogP contribution is 2.25. The summed E-state index contributed by atoms with van der Waals surface area (Å²) < 4.78 is 33.5. The molecule has 6 nitrogen and oxygen atoms in total. The Kier molecular flexibility index (Phi) is 7.56. The number of ether oxygens (including phenoxy) is 1. The summed E-state index contributed by atoms with van der Waals surface area (Å²) >= 11 is 12.0. The standard InChI is InChI=1S/C22H20Cl2N2O4S/c1-30-20-11-8-16(22(27)25-14-17-4-2-3-5-19(17)24)12-21(20)31(28,29)26-13-15-6-9-18(23)10-7-15/h2-12,26H,13-14H2,1H3,(H,25,27). The Bertz CT molecular complexity index is 1180. The summed E-state index contributed by atoms with van der Waals surface area (Å²) in [7, 11) is -2.58. The molecule has 0 unspecified atom stereocenters. The van der Waals surface area contributed by atoms with E-state index in [4.69, 9.17) is 27.9 Å². The second-order valence-electron chi connectivity index (χ2n) is 6.59. The van der Waals surface area contributed by atoms with Crippen molar-refractivity contribution in [3.8, 4) is 5.75 Å². The summed E-state index contributed by atoms with van der Waals surface area (Å²) in [5.41, 5.74) is 1.67. The van der Waals surface area contributed by atoms with Crippen LogP contribution >= 0.6 is 23.2 Å². The number of sulfonamides is 1.